The first-order valence-corrected chi connectivity index (χ1v) is 2.17. The van der Waals surface area contributed by atoms with Gasteiger partial charge in [0.05, 0.1) is 12.0 Å². The number of rotatable bonds is 2. The van der Waals surface area contributed by atoms with Crippen molar-refractivity contribution in [1.82, 2.24) is 0 Å². The maximum absolute atomic E-state index is 9.65. The zero-order chi connectivity index (χ0) is 4.99. The fraction of sp³-hybridized carbons (Fsp3) is 1.00. The van der Waals surface area contributed by atoms with E-state index in [1.54, 1.807) is 0 Å². The van der Waals surface area contributed by atoms with Gasteiger partial charge >= 0.3 is 0 Å². The van der Waals surface area contributed by atoms with E-state index in [1.165, 1.54) is 0 Å². The van der Waals surface area contributed by atoms with Gasteiger partial charge in [0.15, 0.2) is 0 Å². The van der Waals surface area contributed by atoms with Crippen molar-refractivity contribution in [1.29, 1.82) is 0 Å². The second kappa shape index (κ2) is 3.40. The first-order chi connectivity index (χ1) is 2.81. The van der Waals surface area contributed by atoms with Crippen molar-refractivity contribution in [2.24, 2.45) is 5.73 Å². The molecule has 0 saturated heterocycles. The Morgan fingerprint density at radius 1 is 1.83 bits per heavy atom. The number of hydrogen-bond donors (Lipinski definition) is 1. The van der Waals surface area contributed by atoms with E-state index < -0.39 is 0 Å². The predicted molar refractivity (Wildman–Crippen MR) is 24.2 cm³/mol. The second-order valence-corrected chi connectivity index (χ2v) is 1.62. The molecule has 1 atom stereocenters. The minimum atomic E-state index is -0.370. The third-order valence-corrected chi connectivity index (χ3v) is 0.741. The molecule has 3 heteroatoms. The topological polar surface area (TPSA) is 45.9 Å². The third kappa shape index (κ3) is 2.45. The summed E-state index contributed by atoms with van der Waals surface area (Å²) < 4.78 is 0. The first-order valence-electron chi connectivity index (χ1n) is 1.73. The van der Waals surface area contributed by atoms with Crippen LogP contribution in [0.2, 0.25) is 0 Å². The molecule has 0 aliphatic heterocycles. The highest BCUT2D eigenvalue weighted by Crippen LogP contribution is 1.87. The standard InChI is InChI=1S/C3H7ClNO/c4-3(1-5)2-6/h3H,1-2,5H2. The molecule has 0 heterocycles. The van der Waals surface area contributed by atoms with E-state index >= 15 is 0 Å². The molecule has 0 aliphatic carbocycles. The molecule has 1 radical (unpaired) electrons. The summed E-state index contributed by atoms with van der Waals surface area (Å²) in [6.07, 6.45) is 0. The lowest BCUT2D eigenvalue weighted by Crippen LogP contribution is -2.16. The SMILES string of the molecule is NCC(Cl)C[O]. The van der Waals surface area contributed by atoms with Gasteiger partial charge in [0, 0.05) is 6.54 Å². The minimum absolute atomic E-state index is 0.280. The molecule has 0 rings (SSSR count). The van der Waals surface area contributed by atoms with Crippen LogP contribution in [-0.4, -0.2) is 18.5 Å². The van der Waals surface area contributed by atoms with Crippen LogP contribution in [0.15, 0.2) is 0 Å². The van der Waals surface area contributed by atoms with Gasteiger partial charge < -0.3 is 5.73 Å². The summed E-state index contributed by atoms with van der Waals surface area (Å²) in [7, 11) is 0. The summed E-state index contributed by atoms with van der Waals surface area (Å²) in [6, 6.07) is 0. The van der Waals surface area contributed by atoms with Gasteiger partial charge in [-0.2, -0.15) is 0 Å². The van der Waals surface area contributed by atoms with Gasteiger partial charge in [-0.05, 0) is 0 Å². The lowest BCUT2D eigenvalue weighted by Gasteiger charge is -1.93. The van der Waals surface area contributed by atoms with Crippen molar-refractivity contribution in [3.63, 3.8) is 0 Å². The van der Waals surface area contributed by atoms with Gasteiger partial charge in [-0.3, -0.25) is 0 Å². The van der Waals surface area contributed by atoms with Crippen LogP contribution in [0.5, 0.6) is 0 Å². The number of nitrogens with two attached hydrogens (primary N) is 1. The van der Waals surface area contributed by atoms with Crippen LogP contribution in [0.1, 0.15) is 0 Å². The lowest BCUT2D eigenvalue weighted by atomic mass is 10.5. The molecule has 0 spiro atoms. The smallest absolute Gasteiger partial charge is 0.0998 e. The van der Waals surface area contributed by atoms with Crippen LogP contribution in [-0.2, 0) is 5.11 Å². The monoisotopic (exact) mass is 108 g/mol. The fourth-order valence-electron chi connectivity index (χ4n) is 0.0680. The van der Waals surface area contributed by atoms with E-state index in [9.17, 15) is 5.11 Å². The zero-order valence-corrected chi connectivity index (χ0v) is 4.11. The Bertz CT molecular complexity index is 30.0. The van der Waals surface area contributed by atoms with Crippen molar-refractivity contribution in [3.05, 3.63) is 0 Å². The highest BCUT2D eigenvalue weighted by molar-refractivity contribution is 6.20. The highest BCUT2D eigenvalue weighted by Gasteiger charge is 1.95. The average Bonchev–Trinajstić information content (AvgIpc) is 1.65. The van der Waals surface area contributed by atoms with E-state index in [2.05, 4.69) is 0 Å². The molecule has 0 aromatic heterocycles. The molecular weight excluding hydrogens is 101 g/mol. The largest absolute Gasteiger partial charge is 0.329 e. The van der Waals surface area contributed by atoms with Crippen molar-refractivity contribution in [2.75, 3.05) is 13.2 Å². The normalized spacial score (nSPS) is 14.5. The van der Waals surface area contributed by atoms with Crippen molar-refractivity contribution >= 4 is 11.6 Å². The second-order valence-electron chi connectivity index (χ2n) is 1.000. The van der Waals surface area contributed by atoms with Crippen LogP contribution in [0.25, 0.3) is 0 Å². The van der Waals surface area contributed by atoms with Crippen LogP contribution in [0, 0.1) is 0 Å². The van der Waals surface area contributed by atoms with Gasteiger partial charge in [-0.25, -0.2) is 5.11 Å². The molecule has 0 aromatic rings. The van der Waals surface area contributed by atoms with Crippen molar-refractivity contribution < 1.29 is 5.11 Å². The Morgan fingerprint density at radius 3 is 2.33 bits per heavy atom. The van der Waals surface area contributed by atoms with Gasteiger partial charge in [-0.1, -0.05) is 0 Å². The van der Waals surface area contributed by atoms with Gasteiger partial charge in [0.2, 0.25) is 0 Å². The van der Waals surface area contributed by atoms with Crippen LogP contribution in [0.3, 0.4) is 0 Å². The lowest BCUT2D eigenvalue weighted by molar-refractivity contribution is 0.194. The highest BCUT2D eigenvalue weighted by atomic mass is 35.5. The third-order valence-electron chi connectivity index (χ3n) is 0.437. The maximum atomic E-state index is 9.65. The molecule has 0 saturated carbocycles. The van der Waals surface area contributed by atoms with E-state index in [1.807, 2.05) is 0 Å². The quantitative estimate of drug-likeness (QED) is 0.497. The van der Waals surface area contributed by atoms with E-state index in [4.69, 9.17) is 17.3 Å². The number of halogens is 1. The van der Waals surface area contributed by atoms with Gasteiger partial charge in [0.25, 0.3) is 0 Å². The molecule has 6 heavy (non-hydrogen) atoms. The average molecular weight is 109 g/mol. The molecule has 0 bridgehead atoms. The Labute approximate surface area is 41.9 Å². The number of hydrogen-bond acceptors (Lipinski definition) is 1. The van der Waals surface area contributed by atoms with Gasteiger partial charge in [-0.15, -0.1) is 11.6 Å². The predicted octanol–water partition coefficient (Wildman–Crippen LogP) is -0.0170. The Morgan fingerprint density at radius 2 is 2.33 bits per heavy atom. The van der Waals surface area contributed by atoms with Crippen molar-refractivity contribution in [3.8, 4) is 0 Å². The Kier molecular flexibility index (Phi) is 3.52. The van der Waals surface area contributed by atoms with Crippen LogP contribution >= 0.6 is 11.6 Å². The molecule has 2 nitrogen and oxygen atoms in total. The zero-order valence-electron chi connectivity index (χ0n) is 3.36. The maximum Gasteiger partial charge on any atom is 0.0998 e. The first kappa shape index (κ1) is 6.21. The molecule has 0 fully saturated rings. The number of alkyl halides is 1. The molecule has 2 N–H and O–H groups in total. The van der Waals surface area contributed by atoms with Gasteiger partial charge in [0.1, 0.15) is 0 Å². The molecular formula is C3H7ClNO. The van der Waals surface area contributed by atoms with Crippen molar-refractivity contribution in [2.45, 2.75) is 5.38 Å². The summed E-state index contributed by atoms with van der Waals surface area (Å²) in [5.74, 6) is 0. The molecule has 37 valence electrons. The van der Waals surface area contributed by atoms with Crippen LogP contribution < -0.4 is 5.73 Å². The summed E-state index contributed by atoms with van der Waals surface area (Å²) in [6.45, 7) is 0.00309. The molecule has 0 aromatic carbocycles. The summed E-state index contributed by atoms with van der Waals surface area (Å²) in [5, 5.41) is 9.28. The molecule has 1 unspecified atom stereocenters. The van der Waals surface area contributed by atoms with Crippen LogP contribution in [0.4, 0.5) is 0 Å². The van der Waals surface area contributed by atoms with E-state index in [0.29, 0.717) is 0 Å². The minimum Gasteiger partial charge on any atom is -0.329 e. The Balaban J connectivity index is 2.75. The summed E-state index contributed by atoms with van der Waals surface area (Å²) in [4.78, 5) is 0. The Hall–Kier alpha value is 0.210. The summed E-state index contributed by atoms with van der Waals surface area (Å²) in [5.41, 5.74) is 4.95. The molecule has 0 amide bonds. The van der Waals surface area contributed by atoms with E-state index in [0.717, 1.165) is 0 Å². The van der Waals surface area contributed by atoms with E-state index in [-0.39, 0.29) is 18.5 Å². The molecule has 0 aliphatic rings. The summed E-state index contributed by atoms with van der Waals surface area (Å²) >= 11 is 5.21. The fourth-order valence-corrected chi connectivity index (χ4v) is 0.0680.